The molecular formula is C12H19ClN2O. The van der Waals surface area contributed by atoms with Crippen LogP contribution in [-0.2, 0) is 0 Å². The molecule has 0 radical (unpaired) electrons. The van der Waals surface area contributed by atoms with Crippen molar-refractivity contribution in [2.75, 3.05) is 0 Å². The van der Waals surface area contributed by atoms with Crippen LogP contribution in [0.25, 0.3) is 0 Å². The minimum absolute atomic E-state index is 0.124. The highest BCUT2D eigenvalue weighted by Crippen LogP contribution is 2.38. The van der Waals surface area contributed by atoms with Gasteiger partial charge in [-0.1, -0.05) is 19.8 Å². The minimum atomic E-state index is 0.124. The van der Waals surface area contributed by atoms with Gasteiger partial charge in [0.1, 0.15) is 0 Å². The highest BCUT2D eigenvalue weighted by atomic mass is 35.5. The molecular weight excluding hydrogens is 224 g/mol. The largest absolute Gasteiger partial charge is 0.453 e. The maximum Gasteiger partial charge on any atom is 0.197 e. The Kier molecular flexibility index (Phi) is 3.90. The van der Waals surface area contributed by atoms with E-state index in [1.165, 1.54) is 25.7 Å². The van der Waals surface area contributed by atoms with Gasteiger partial charge in [0, 0.05) is 5.56 Å². The fourth-order valence-corrected chi connectivity index (χ4v) is 2.86. The smallest absolute Gasteiger partial charge is 0.197 e. The molecule has 4 heteroatoms. The SMILES string of the molecule is CC1CCC(C(NN)c2ccoc2Cl)CC1. The predicted octanol–water partition coefficient (Wildman–Crippen LogP) is 3.26. The lowest BCUT2D eigenvalue weighted by atomic mass is 9.78. The van der Waals surface area contributed by atoms with Gasteiger partial charge in [-0.15, -0.1) is 0 Å². The summed E-state index contributed by atoms with van der Waals surface area (Å²) in [6, 6.07) is 2.03. The van der Waals surface area contributed by atoms with Crippen LogP contribution in [0.3, 0.4) is 0 Å². The molecule has 3 N–H and O–H groups in total. The van der Waals surface area contributed by atoms with E-state index in [1.807, 2.05) is 6.07 Å². The second kappa shape index (κ2) is 5.21. The molecule has 16 heavy (non-hydrogen) atoms. The summed E-state index contributed by atoms with van der Waals surface area (Å²) in [5.41, 5.74) is 3.87. The first-order chi connectivity index (χ1) is 7.72. The van der Waals surface area contributed by atoms with Crippen LogP contribution in [0, 0.1) is 11.8 Å². The van der Waals surface area contributed by atoms with E-state index in [4.69, 9.17) is 21.9 Å². The molecule has 3 nitrogen and oxygen atoms in total. The van der Waals surface area contributed by atoms with Crippen molar-refractivity contribution in [3.05, 3.63) is 23.1 Å². The lowest BCUT2D eigenvalue weighted by molar-refractivity contribution is 0.232. The van der Waals surface area contributed by atoms with Gasteiger partial charge >= 0.3 is 0 Å². The van der Waals surface area contributed by atoms with E-state index in [2.05, 4.69) is 12.3 Å². The molecule has 1 aliphatic carbocycles. The Labute approximate surface area is 101 Å². The van der Waals surface area contributed by atoms with Crippen LogP contribution >= 0.6 is 11.6 Å². The zero-order chi connectivity index (χ0) is 11.5. The van der Waals surface area contributed by atoms with Crippen molar-refractivity contribution < 1.29 is 4.42 Å². The van der Waals surface area contributed by atoms with Crippen molar-refractivity contribution in [1.29, 1.82) is 0 Å². The summed E-state index contributed by atoms with van der Waals surface area (Å²) in [7, 11) is 0. The van der Waals surface area contributed by atoms with Crippen LogP contribution in [0.15, 0.2) is 16.7 Å². The summed E-state index contributed by atoms with van der Waals surface area (Å²) < 4.78 is 5.13. The molecule has 0 spiro atoms. The molecule has 0 bridgehead atoms. The van der Waals surface area contributed by atoms with Crippen LogP contribution in [-0.4, -0.2) is 0 Å². The standard InChI is InChI=1S/C12H19ClN2O/c1-8-2-4-9(5-3-8)11(15-14)10-6-7-16-12(10)13/h6-9,11,15H,2-5,14H2,1H3. The van der Waals surface area contributed by atoms with Crippen LogP contribution in [0.2, 0.25) is 5.22 Å². The first kappa shape index (κ1) is 12.0. The molecule has 1 atom stereocenters. The van der Waals surface area contributed by atoms with Crippen molar-refractivity contribution in [2.45, 2.75) is 38.6 Å². The van der Waals surface area contributed by atoms with Gasteiger partial charge < -0.3 is 4.42 Å². The zero-order valence-corrected chi connectivity index (χ0v) is 10.3. The Morgan fingerprint density at radius 3 is 2.62 bits per heavy atom. The fourth-order valence-electron chi connectivity index (χ4n) is 2.63. The third kappa shape index (κ3) is 2.42. The van der Waals surface area contributed by atoms with Gasteiger partial charge in [0.15, 0.2) is 5.22 Å². The third-order valence-corrected chi connectivity index (χ3v) is 4.00. The van der Waals surface area contributed by atoms with Crippen LogP contribution in [0.1, 0.15) is 44.2 Å². The number of nitrogens with one attached hydrogen (secondary N) is 1. The monoisotopic (exact) mass is 242 g/mol. The zero-order valence-electron chi connectivity index (χ0n) is 9.58. The van der Waals surface area contributed by atoms with Crippen LogP contribution in [0.4, 0.5) is 0 Å². The van der Waals surface area contributed by atoms with Gasteiger partial charge in [-0.3, -0.25) is 11.3 Å². The van der Waals surface area contributed by atoms with Gasteiger partial charge in [0.05, 0.1) is 12.3 Å². The number of furan rings is 1. The van der Waals surface area contributed by atoms with E-state index in [9.17, 15) is 0 Å². The Bertz CT molecular complexity index is 332. The summed E-state index contributed by atoms with van der Waals surface area (Å²) in [4.78, 5) is 0. The van der Waals surface area contributed by atoms with Crippen LogP contribution in [0.5, 0.6) is 0 Å². The van der Waals surface area contributed by atoms with Gasteiger partial charge in [-0.25, -0.2) is 0 Å². The van der Waals surface area contributed by atoms with Crippen molar-refractivity contribution in [3.63, 3.8) is 0 Å². The molecule has 1 heterocycles. The molecule has 0 saturated heterocycles. The molecule has 1 saturated carbocycles. The molecule has 1 unspecified atom stereocenters. The van der Waals surface area contributed by atoms with E-state index >= 15 is 0 Å². The van der Waals surface area contributed by atoms with Gasteiger partial charge in [-0.2, -0.15) is 0 Å². The predicted molar refractivity (Wildman–Crippen MR) is 64.9 cm³/mol. The van der Waals surface area contributed by atoms with E-state index in [1.54, 1.807) is 6.26 Å². The molecule has 1 aromatic heterocycles. The average Bonchev–Trinajstić information content (AvgIpc) is 2.69. The lowest BCUT2D eigenvalue weighted by Crippen LogP contribution is -2.35. The summed E-state index contributed by atoms with van der Waals surface area (Å²) in [6.07, 6.45) is 6.58. The third-order valence-electron chi connectivity index (χ3n) is 3.69. The number of hydrogen-bond acceptors (Lipinski definition) is 3. The topological polar surface area (TPSA) is 51.2 Å². The minimum Gasteiger partial charge on any atom is -0.453 e. The van der Waals surface area contributed by atoms with Crippen LogP contribution < -0.4 is 11.3 Å². The average molecular weight is 243 g/mol. The maximum absolute atomic E-state index is 6.00. The Balaban J connectivity index is 2.08. The van der Waals surface area contributed by atoms with E-state index < -0.39 is 0 Å². The summed E-state index contributed by atoms with van der Waals surface area (Å²) >= 11 is 6.00. The van der Waals surface area contributed by atoms with Gasteiger partial charge in [-0.05, 0) is 42.3 Å². The second-order valence-electron chi connectivity index (χ2n) is 4.81. The van der Waals surface area contributed by atoms with E-state index in [0.29, 0.717) is 11.1 Å². The van der Waals surface area contributed by atoms with Crippen molar-refractivity contribution >= 4 is 11.6 Å². The van der Waals surface area contributed by atoms with E-state index in [-0.39, 0.29) is 6.04 Å². The number of rotatable bonds is 3. The maximum atomic E-state index is 6.00. The Hall–Kier alpha value is -0.510. The van der Waals surface area contributed by atoms with Crippen molar-refractivity contribution in [2.24, 2.45) is 17.7 Å². The number of nitrogens with two attached hydrogens (primary N) is 1. The molecule has 1 fully saturated rings. The summed E-state index contributed by atoms with van der Waals surface area (Å²) in [5, 5.41) is 0.460. The first-order valence-electron chi connectivity index (χ1n) is 5.91. The normalized spacial score (nSPS) is 27.9. The second-order valence-corrected chi connectivity index (χ2v) is 5.16. The molecule has 0 amide bonds. The quantitative estimate of drug-likeness (QED) is 0.632. The lowest BCUT2D eigenvalue weighted by Gasteiger charge is -2.32. The molecule has 0 aromatic carbocycles. The van der Waals surface area contributed by atoms with Crippen molar-refractivity contribution in [1.82, 2.24) is 5.43 Å². The van der Waals surface area contributed by atoms with E-state index in [0.717, 1.165) is 11.5 Å². The summed E-state index contributed by atoms with van der Waals surface area (Å²) in [5.74, 6) is 7.06. The Morgan fingerprint density at radius 1 is 1.44 bits per heavy atom. The molecule has 1 aliphatic rings. The number of hydrazine groups is 1. The Morgan fingerprint density at radius 2 is 2.12 bits per heavy atom. The van der Waals surface area contributed by atoms with Gasteiger partial charge in [0.25, 0.3) is 0 Å². The molecule has 90 valence electrons. The van der Waals surface area contributed by atoms with Gasteiger partial charge in [0.2, 0.25) is 0 Å². The number of halogens is 1. The molecule has 1 aromatic rings. The van der Waals surface area contributed by atoms with Crippen molar-refractivity contribution in [3.8, 4) is 0 Å². The molecule has 2 rings (SSSR count). The fraction of sp³-hybridized carbons (Fsp3) is 0.667. The first-order valence-corrected chi connectivity index (χ1v) is 6.29. The highest BCUT2D eigenvalue weighted by molar-refractivity contribution is 6.29. The highest BCUT2D eigenvalue weighted by Gasteiger charge is 2.28. The molecule has 0 aliphatic heterocycles. The summed E-state index contributed by atoms with van der Waals surface area (Å²) in [6.45, 7) is 2.31. The number of hydrogen-bond donors (Lipinski definition) is 2.